The molecule has 1 N–H and O–H groups in total. The van der Waals surface area contributed by atoms with Crippen LogP contribution in [0.2, 0.25) is 0 Å². The Morgan fingerprint density at radius 1 is 1.29 bits per heavy atom. The summed E-state index contributed by atoms with van der Waals surface area (Å²) < 4.78 is 1.51. The standard InChI is InChI=1S/C18H22N4O2/c1-14-6-4-7-15(12-14)18(24)19-13-21-11-3-2-8-16(21)22-17(23)9-5-10-20-22/h4-7,9-10,12,16H,2-3,8,11,13H2,1H3,(H,19,24). The van der Waals surface area contributed by atoms with E-state index in [0.29, 0.717) is 12.2 Å². The van der Waals surface area contributed by atoms with Crippen LogP contribution in [0.15, 0.2) is 47.4 Å². The molecule has 1 aliphatic rings. The highest BCUT2D eigenvalue weighted by molar-refractivity contribution is 5.94. The van der Waals surface area contributed by atoms with E-state index in [1.54, 1.807) is 18.3 Å². The smallest absolute Gasteiger partial charge is 0.268 e. The minimum absolute atomic E-state index is 0.101. The summed E-state index contributed by atoms with van der Waals surface area (Å²) in [7, 11) is 0. The molecule has 1 unspecified atom stereocenters. The van der Waals surface area contributed by atoms with E-state index in [4.69, 9.17) is 0 Å². The van der Waals surface area contributed by atoms with Gasteiger partial charge in [0.25, 0.3) is 11.5 Å². The Labute approximate surface area is 141 Å². The SMILES string of the molecule is Cc1cccc(C(=O)NCN2CCCCC2n2ncccc2=O)c1. The van der Waals surface area contributed by atoms with E-state index in [1.807, 2.05) is 25.1 Å². The van der Waals surface area contributed by atoms with Crippen LogP contribution in [-0.4, -0.2) is 33.8 Å². The maximum atomic E-state index is 12.3. The molecule has 2 heterocycles. The molecule has 1 aromatic heterocycles. The summed E-state index contributed by atoms with van der Waals surface area (Å²) in [4.78, 5) is 26.5. The zero-order valence-electron chi connectivity index (χ0n) is 13.8. The lowest BCUT2D eigenvalue weighted by molar-refractivity contribution is 0.0644. The molecule has 1 saturated heterocycles. The van der Waals surface area contributed by atoms with Crippen molar-refractivity contribution in [2.24, 2.45) is 0 Å². The molecule has 0 spiro atoms. The highest BCUT2D eigenvalue weighted by Crippen LogP contribution is 2.23. The Kier molecular flexibility index (Phi) is 5.05. The van der Waals surface area contributed by atoms with Gasteiger partial charge in [0.15, 0.2) is 0 Å². The number of amides is 1. The molecule has 0 aliphatic carbocycles. The van der Waals surface area contributed by atoms with Crippen LogP contribution < -0.4 is 10.9 Å². The Balaban J connectivity index is 1.69. The third kappa shape index (κ3) is 3.71. The third-order valence-corrected chi connectivity index (χ3v) is 4.33. The lowest BCUT2D eigenvalue weighted by atomic mass is 10.1. The Morgan fingerprint density at radius 3 is 2.96 bits per heavy atom. The second-order valence-electron chi connectivity index (χ2n) is 6.13. The van der Waals surface area contributed by atoms with E-state index in [-0.39, 0.29) is 17.6 Å². The number of nitrogens with one attached hydrogen (secondary N) is 1. The fraction of sp³-hybridized carbons (Fsp3) is 0.389. The summed E-state index contributed by atoms with van der Waals surface area (Å²) in [5.74, 6) is -0.101. The summed E-state index contributed by atoms with van der Waals surface area (Å²) >= 11 is 0. The van der Waals surface area contributed by atoms with Gasteiger partial charge >= 0.3 is 0 Å². The van der Waals surface area contributed by atoms with Gasteiger partial charge in [-0.3, -0.25) is 14.5 Å². The van der Waals surface area contributed by atoms with Gasteiger partial charge in [0.05, 0.1) is 6.67 Å². The van der Waals surface area contributed by atoms with Gasteiger partial charge in [-0.05, 0) is 44.4 Å². The zero-order chi connectivity index (χ0) is 16.9. The average Bonchev–Trinajstić information content (AvgIpc) is 2.60. The van der Waals surface area contributed by atoms with Crippen molar-refractivity contribution in [3.63, 3.8) is 0 Å². The molecule has 2 aromatic rings. The maximum absolute atomic E-state index is 12.3. The second-order valence-corrected chi connectivity index (χ2v) is 6.13. The van der Waals surface area contributed by atoms with Crippen molar-refractivity contribution < 1.29 is 4.79 Å². The van der Waals surface area contributed by atoms with Crippen LogP contribution in [0, 0.1) is 6.92 Å². The summed E-state index contributed by atoms with van der Waals surface area (Å²) in [6, 6.07) is 10.7. The minimum atomic E-state index is -0.112. The van der Waals surface area contributed by atoms with Crippen molar-refractivity contribution in [1.29, 1.82) is 0 Å². The van der Waals surface area contributed by atoms with Gasteiger partial charge in [0, 0.05) is 24.4 Å². The molecule has 0 radical (unpaired) electrons. The Morgan fingerprint density at radius 2 is 2.17 bits per heavy atom. The van der Waals surface area contributed by atoms with Gasteiger partial charge < -0.3 is 5.32 Å². The number of hydrogen-bond acceptors (Lipinski definition) is 4. The van der Waals surface area contributed by atoms with Gasteiger partial charge in [-0.1, -0.05) is 17.7 Å². The van der Waals surface area contributed by atoms with Gasteiger partial charge in [0.2, 0.25) is 0 Å². The summed E-state index contributed by atoms with van der Waals surface area (Å²) in [5.41, 5.74) is 1.59. The van der Waals surface area contributed by atoms with E-state index in [9.17, 15) is 9.59 Å². The normalized spacial score (nSPS) is 18.3. The van der Waals surface area contributed by atoms with Crippen molar-refractivity contribution in [2.45, 2.75) is 32.4 Å². The van der Waals surface area contributed by atoms with Gasteiger partial charge in [-0.15, -0.1) is 0 Å². The number of nitrogens with zero attached hydrogens (tertiary/aromatic N) is 3. The van der Waals surface area contributed by atoms with Crippen LogP contribution >= 0.6 is 0 Å². The topological polar surface area (TPSA) is 67.2 Å². The van der Waals surface area contributed by atoms with Crippen molar-refractivity contribution in [3.05, 3.63) is 64.1 Å². The molecular formula is C18H22N4O2. The first-order chi connectivity index (χ1) is 11.6. The van der Waals surface area contributed by atoms with Crippen LogP contribution in [0.5, 0.6) is 0 Å². The maximum Gasteiger partial charge on any atom is 0.268 e. The van der Waals surface area contributed by atoms with Gasteiger partial charge in [-0.25, -0.2) is 4.68 Å². The number of carbonyl (C=O) groups excluding carboxylic acids is 1. The zero-order valence-corrected chi connectivity index (χ0v) is 13.8. The summed E-state index contributed by atoms with van der Waals surface area (Å²) in [5, 5.41) is 7.16. The van der Waals surface area contributed by atoms with Crippen LogP contribution in [0.4, 0.5) is 0 Å². The molecule has 1 amide bonds. The predicted molar refractivity (Wildman–Crippen MR) is 91.6 cm³/mol. The van der Waals surface area contributed by atoms with Crippen LogP contribution in [0.3, 0.4) is 0 Å². The molecule has 6 nitrogen and oxygen atoms in total. The van der Waals surface area contributed by atoms with Crippen molar-refractivity contribution in [3.8, 4) is 0 Å². The van der Waals surface area contributed by atoms with E-state index in [2.05, 4.69) is 15.3 Å². The number of hydrogen-bond donors (Lipinski definition) is 1. The first kappa shape index (κ1) is 16.4. The monoisotopic (exact) mass is 326 g/mol. The number of aromatic nitrogens is 2. The predicted octanol–water partition coefficient (Wildman–Crippen LogP) is 1.92. The largest absolute Gasteiger partial charge is 0.339 e. The highest BCUT2D eigenvalue weighted by Gasteiger charge is 2.25. The number of rotatable bonds is 4. The average molecular weight is 326 g/mol. The number of aryl methyl sites for hydroxylation is 1. The number of likely N-dealkylation sites (tertiary alicyclic amines) is 1. The highest BCUT2D eigenvalue weighted by atomic mass is 16.2. The third-order valence-electron chi connectivity index (χ3n) is 4.33. The molecular weight excluding hydrogens is 304 g/mol. The minimum Gasteiger partial charge on any atom is -0.339 e. The fourth-order valence-corrected chi connectivity index (χ4v) is 3.09. The summed E-state index contributed by atoms with van der Waals surface area (Å²) in [6.45, 7) is 3.20. The molecule has 0 saturated carbocycles. The molecule has 1 fully saturated rings. The van der Waals surface area contributed by atoms with E-state index >= 15 is 0 Å². The van der Waals surface area contributed by atoms with Crippen molar-refractivity contribution >= 4 is 5.91 Å². The fourth-order valence-electron chi connectivity index (χ4n) is 3.09. The first-order valence-corrected chi connectivity index (χ1v) is 8.28. The van der Waals surface area contributed by atoms with Crippen molar-refractivity contribution in [2.75, 3.05) is 13.2 Å². The molecule has 3 rings (SSSR count). The first-order valence-electron chi connectivity index (χ1n) is 8.28. The lowest BCUT2D eigenvalue weighted by Gasteiger charge is -2.35. The number of benzene rings is 1. The van der Waals surface area contributed by atoms with Crippen LogP contribution in [0.25, 0.3) is 0 Å². The molecule has 0 bridgehead atoms. The molecule has 1 atom stereocenters. The van der Waals surface area contributed by atoms with Gasteiger partial charge in [-0.2, -0.15) is 5.10 Å². The van der Waals surface area contributed by atoms with Crippen molar-refractivity contribution in [1.82, 2.24) is 20.0 Å². The van der Waals surface area contributed by atoms with Gasteiger partial charge in [0.1, 0.15) is 6.17 Å². The quantitative estimate of drug-likeness (QED) is 0.932. The van der Waals surface area contributed by atoms with Crippen LogP contribution in [0.1, 0.15) is 41.3 Å². The van der Waals surface area contributed by atoms with E-state index in [1.165, 1.54) is 10.7 Å². The molecule has 24 heavy (non-hydrogen) atoms. The van der Waals surface area contributed by atoms with E-state index < -0.39 is 0 Å². The number of piperidine rings is 1. The molecule has 6 heteroatoms. The number of carbonyl (C=O) groups is 1. The van der Waals surface area contributed by atoms with E-state index in [0.717, 1.165) is 31.4 Å². The Bertz CT molecular complexity index is 771. The lowest BCUT2D eigenvalue weighted by Crippen LogP contribution is -2.47. The molecule has 1 aromatic carbocycles. The molecule has 1 aliphatic heterocycles. The second kappa shape index (κ2) is 7.40. The Hall–Kier alpha value is -2.47. The summed E-state index contributed by atoms with van der Waals surface area (Å²) in [6.07, 6.45) is 4.48. The molecule has 126 valence electrons. The van der Waals surface area contributed by atoms with Crippen LogP contribution in [-0.2, 0) is 0 Å².